The van der Waals surface area contributed by atoms with E-state index >= 15 is 0 Å². The number of hydrogen-bond acceptors (Lipinski definition) is 4. The Balaban J connectivity index is 2.08. The van der Waals surface area contributed by atoms with E-state index in [0.717, 1.165) is 13.1 Å². The molecule has 1 saturated heterocycles. The molecule has 1 aromatic heterocycles. The van der Waals surface area contributed by atoms with E-state index in [0.29, 0.717) is 18.0 Å². The van der Waals surface area contributed by atoms with Crippen LogP contribution in [0.25, 0.3) is 0 Å². The molecule has 1 aliphatic heterocycles. The van der Waals surface area contributed by atoms with Gasteiger partial charge in [-0.2, -0.15) is 0 Å². The van der Waals surface area contributed by atoms with E-state index < -0.39 is 5.82 Å². The van der Waals surface area contributed by atoms with Crippen molar-refractivity contribution < 1.29 is 4.39 Å². The minimum absolute atomic E-state index is 0.308. The van der Waals surface area contributed by atoms with Gasteiger partial charge in [0.15, 0.2) is 5.82 Å². The topological polar surface area (TPSA) is 41.0 Å². The molecule has 0 saturated carbocycles. The van der Waals surface area contributed by atoms with Gasteiger partial charge >= 0.3 is 0 Å². The zero-order valence-electron chi connectivity index (χ0n) is 10.4. The molecule has 0 amide bonds. The van der Waals surface area contributed by atoms with E-state index in [4.69, 9.17) is 0 Å². The van der Waals surface area contributed by atoms with Gasteiger partial charge in [0, 0.05) is 18.6 Å². The molecule has 1 aliphatic rings. The summed E-state index contributed by atoms with van der Waals surface area (Å²) in [5, 5.41) is 3.45. The largest absolute Gasteiger partial charge is 0.337 e. The Hall–Kier alpha value is -1.23. The lowest BCUT2D eigenvalue weighted by atomic mass is 10.2. The van der Waals surface area contributed by atoms with E-state index in [-0.39, 0.29) is 0 Å². The first-order valence-electron chi connectivity index (χ1n) is 6.14. The summed E-state index contributed by atoms with van der Waals surface area (Å²) in [4.78, 5) is 10.2. The first-order chi connectivity index (χ1) is 8.16. The smallest absolute Gasteiger partial charge is 0.225 e. The predicted octanol–water partition coefficient (Wildman–Crippen LogP) is 1.58. The maximum atomic E-state index is 12.8. The zero-order chi connectivity index (χ0) is 12.3. The van der Waals surface area contributed by atoms with Crippen LogP contribution in [0.3, 0.4) is 0 Å². The highest BCUT2D eigenvalue weighted by Crippen LogP contribution is 2.14. The summed E-state index contributed by atoms with van der Waals surface area (Å²) in [6.45, 7) is 6.16. The molecular weight excluding hydrogens is 219 g/mol. The highest BCUT2D eigenvalue weighted by molar-refractivity contribution is 5.30. The number of aromatic nitrogens is 2. The van der Waals surface area contributed by atoms with Gasteiger partial charge in [-0.05, 0) is 33.2 Å². The molecule has 0 aliphatic carbocycles. The van der Waals surface area contributed by atoms with Crippen LogP contribution in [0.5, 0.6) is 0 Å². The van der Waals surface area contributed by atoms with Gasteiger partial charge in [0.1, 0.15) is 0 Å². The van der Waals surface area contributed by atoms with Crippen LogP contribution in [-0.4, -0.2) is 35.1 Å². The molecule has 0 aromatic carbocycles. The Morgan fingerprint density at radius 3 is 2.71 bits per heavy atom. The predicted molar refractivity (Wildman–Crippen MR) is 65.5 cm³/mol. The molecule has 1 unspecified atom stereocenters. The van der Waals surface area contributed by atoms with Gasteiger partial charge in [-0.15, -0.1) is 0 Å². The van der Waals surface area contributed by atoms with Gasteiger partial charge < -0.3 is 10.2 Å². The fraction of sp³-hybridized carbons (Fsp3) is 0.667. The van der Waals surface area contributed by atoms with Gasteiger partial charge in [-0.3, -0.25) is 0 Å². The lowest BCUT2D eigenvalue weighted by Gasteiger charge is -2.29. The Labute approximate surface area is 101 Å². The molecule has 5 heteroatoms. The monoisotopic (exact) mass is 238 g/mol. The highest BCUT2D eigenvalue weighted by Gasteiger charge is 2.21. The number of nitrogens with one attached hydrogen (secondary N) is 1. The molecule has 4 nitrogen and oxygen atoms in total. The summed E-state index contributed by atoms with van der Waals surface area (Å²) in [7, 11) is 0. The number of rotatable bonds is 4. The third-order valence-corrected chi connectivity index (χ3v) is 3.07. The molecule has 2 rings (SSSR count). The quantitative estimate of drug-likeness (QED) is 0.864. The van der Waals surface area contributed by atoms with Crippen LogP contribution in [0, 0.1) is 5.82 Å². The van der Waals surface area contributed by atoms with E-state index in [1.54, 1.807) is 0 Å². The fourth-order valence-corrected chi connectivity index (χ4v) is 2.13. The van der Waals surface area contributed by atoms with Crippen LogP contribution in [0.2, 0.25) is 0 Å². The SMILES string of the molecule is CC(C)N(CC1CCCN1)c1ncc(F)cn1. The Morgan fingerprint density at radius 2 is 2.18 bits per heavy atom. The lowest BCUT2D eigenvalue weighted by Crippen LogP contribution is -2.42. The number of nitrogens with zero attached hydrogens (tertiary/aromatic N) is 3. The minimum Gasteiger partial charge on any atom is -0.337 e. The number of hydrogen-bond donors (Lipinski definition) is 1. The summed E-state index contributed by atoms with van der Waals surface area (Å²) < 4.78 is 12.8. The number of halogens is 1. The first kappa shape index (κ1) is 12.2. The molecule has 1 N–H and O–H groups in total. The van der Waals surface area contributed by atoms with Crippen molar-refractivity contribution in [3.05, 3.63) is 18.2 Å². The summed E-state index contributed by atoms with van der Waals surface area (Å²) in [6, 6.07) is 0.800. The average Bonchev–Trinajstić information content (AvgIpc) is 2.80. The van der Waals surface area contributed by atoms with E-state index in [2.05, 4.69) is 34.0 Å². The van der Waals surface area contributed by atoms with Gasteiger partial charge in [-0.25, -0.2) is 14.4 Å². The molecule has 1 aromatic rings. The molecule has 1 fully saturated rings. The Kier molecular flexibility index (Phi) is 3.89. The van der Waals surface area contributed by atoms with Crippen LogP contribution < -0.4 is 10.2 Å². The van der Waals surface area contributed by atoms with Crippen molar-refractivity contribution in [3.8, 4) is 0 Å². The molecule has 1 atom stereocenters. The second-order valence-corrected chi connectivity index (χ2v) is 4.74. The van der Waals surface area contributed by atoms with E-state index in [1.165, 1.54) is 25.2 Å². The Morgan fingerprint density at radius 1 is 1.47 bits per heavy atom. The van der Waals surface area contributed by atoms with Crippen molar-refractivity contribution in [2.24, 2.45) is 0 Å². The van der Waals surface area contributed by atoms with E-state index in [1.807, 2.05) is 0 Å². The first-order valence-corrected chi connectivity index (χ1v) is 6.14. The van der Waals surface area contributed by atoms with Crippen LogP contribution in [0.15, 0.2) is 12.4 Å². The maximum Gasteiger partial charge on any atom is 0.225 e. The summed E-state index contributed by atoms with van der Waals surface area (Å²) in [6.07, 6.45) is 4.85. The molecule has 17 heavy (non-hydrogen) atoms. The average molecular weight is 238 g/mol. The van der Waals surface area contributed by atoms with Crippen molar-refractivity contribution in [2.45, 2.75) is 38.8 Å². The van der Waals surface area contributed by atoms with Gasteiger partial charge in [0.25, 0.3) is 0 Å². The van der Waals surface area contributed by atoms with Crippen molar-refractivity contribution in [2.75, 3.05) is 18.0 Å². The maximum absolute atomic E-state index is 12.8. The molecule has 2 heterocycles. The molecular formula is C12H19FN4. The number of anilines is 1. The molecule has 0 spiro atoms. The zero-order valence-corrected chi connectivity index (χ0v) is 10.4. The van der Waals surface area contributed by atoms with E-state index in [9.17, 15) is 4.39 Å². The van der Waals surface area contributed by atoms with Crippen molar-refractivity contribution in [1.29, 1.82) is 0 Å². The lowest BCUT2D eigenvalue weighted by molar-refractivity contribution is 0.541. The Bertz CT molecular complexity index is 346. The van der Waals surface area contributed by atoms with Crippen LogP contribution in [0.4, 0.5) is 10.3 Å². The van der Waals surface area contributed by atoms with Crippen LogP contribution in [-0.2, 0) is 0 Å². The molecule has 0 radical (unpaired) electrons. The summed E-state index contributed by atoms with van der Waals surface area (Å²) >= 11 is 0. The minimum atomic E-state index is -0.392. The van der Waals surface area contributed by atoms with Crippen LogP contribution in [0.1, 0.15) is 26.7 Å². The summed E-state index contributed by atoms with van der Waals surface area (Å²) in [5.74, 6) is 0.214. The second-order valence-electron chi connectivity index (χ2n) is 4.74. The highest BCUT2D eigenvalue weighted by atomic mass is 19.1. The van der Waals surface area contributed by atoms with Gasteiger partial charge in [0.05, 0.1) is 12.4 Å². The standard InChI is InChI=1S/C12H19FN4/c1-9(2)17(8-11-4-3-5-14-11)12-15-6-10(13)7-16-12/h6-7,9,11,14H,3-5,8H2,1-2H3. The second kappa shape index (κ2) is 5.40. The van der Waals surface area contributed by atoms with Crippen molar-refractivity contribution >= 4 is 5.95 Å². The summed E-state index contributed by atoms with van der Waals surface area (Å²) in [5.41, 5.74) is 0. The molecule has 94 valence electrons. The fourth-order valence-electron chi connectivity index (χ4n) is 2.13. The van der Waals surface area contributed by atoms with Crippen LogP contribution >= 0.6 is 0 Å². The van der Waals surface area contributed by atoms with Gasteiger partial charge in [0.2, 0.25) is 5.95 Å². The van der Waals surface area contributed by atoms with Crippen molar-refractivity contribution in [1.82, 2.24) is 15.3 Å². The van der Waals surface area contributed by atoms with Crippen molar-refractivity contribution in [3.63, 3.8) is 0 Å². The third kappa shape index (κ3) is 3.12. The third-order valence-electron chi connectivity index (χ3n) is 3.07. The van der Waals surface area contributed by atoms with Gasteiger partial charge in [-0.1, -0.05) is 0 Å². The molecule has 0 bridgehead atoms. The normalized spacial score (nSPS) is 19.9.